The smallest absolute Gasteiger partial charge is 0.281 e. The van der Waals surface area contributed by atoms with Gasteiger partial charge in [-0.15, -0.1) is 0 Å². The quantitative estimate of drug-likeness (QED) is 0.788. The summed E-state index contributed by atoms with van der Waals surface area (Å²) < 4.78 is 28.7. The van der Waals surface area contributed by atoms with Gasteiger partial charge in [-0.05, 0) is 37.1 Å². The van der Waals surface area contributed by atoms with Gasteiger partial charge < -0.3 is 5.32 Å². The van der Waals surface area contributed by atoms with Crippen molar-refractivity contribution in [3.63, 3.8) is 0 Å². The van der Waals surface area contributed by atoms with Crippen molar-refractivity contribution in [2.45, 2.75) is 32.6 Å². The Kier molecular flexibility index (Phi) is 6.41. The van der Waals surface area contributed by atoms with Gasteiger partial charge in [-0.3, -0.25) is 4.98 Å². The zero-order chi connectivity index (χ0) is 19.3. The lowest BCUT2D eigenvalue weighted by atomic mass is 9.95. The Labute approximate surface area is 161 Å². The van der Waals surface area contributed by atoms with E-state index < -0.39 is 10.2 Å². The predicted molar refractivity (Wildman–Crippen MR) is 107 cm³/mol. The molecule has 1 aliphatic heterocycles. The van der Waals surface area contributed by atoms with Crippen LogP contribution in [0.1, 0.15) is 38.3 Å². The zero-order valence-corrected chi connectivity index (χ0v) is 16.7. The molecule has 0 aliphatic carbocycles. The van der Waals surface area contributed by atoms with Gasteiger partial charge in [-0.2, -0.15) is 17.0 Å². The molecule has 8 heteroatoms. The molecule has 2 aromatic rings. The second-order valence-electron chi connectivity index (χ2n) is 6.60. The molecule has 2 aromatic heterocycles. The van der Waals surface area contributed by atoms with Crippen molar-refractivity contribution >= 4 is 21.7 Å². The lowest BCUT2D eigenvalue weighted by Gasteiger charge is -2.34. The van der Waals surface area contributed by atoms with Crippen molar-refractivity contribution in [3.05, 3.63) is 48.4 Å². The molecule has 1 N–H and O–H groups in total. The lowest BCUT2D eigenvalue weighted by Crippen LogP contribution is -2.47. The average Bonchev–Trinajstić information content (AvgIpc) is 2.70. The van der Waals surface area contributed by atoms with Crippen LogP contribution in [0.2, 0.25) is 0 Å². The molecular weight excluding hydrogens is 362 g/mol. The number of aromatic nitrogens is 2. The first kappa shape index (κ1) is 19.7. The number of hydrogen-bond donors (Lipinski definition) is 1. The van der Waals surface area contributed by atoms with Gasteiger partial charge in [0.2, 0.25) is 0 Å². The summed E-state index contributed by atoms with van der Waals surface area (Å²) in [6.45, 7) is 5.79. The van der Waals surface area contributed by atoms with Gasteiger partial charge in [0.05, 0.1) is 11.9 Å². The summed E-state index contributed by atoms with van der Waals surface area (Å²) in [5.74, 6) is 0.884. The molecule has 3 heterocycles. The molecule has 0 unspecified atom stereocenters. The Bertz CT molecular complexity index is 823. The fourth-order valence-electron chi connectivity index (χ4n) is 3.41. The molecule has 146 valence electrons. The summed E-state index contributed by atoms with van der Waals surface area (Å²) in [5, 5.41) is 3.21. The number of piperidine rings is 1. The summed E-state index contributed by atoms with van der Waals surface area (Å²) in [7, 11) is -3.40. The molecule has 0 amide bonds. The van der Waals surface area contributed by atoms with Crippen molar-refractivity contribution in [2.24, 2.45) is 0 Å². The van der Waals surface area contributed by atoms with E-state index in [4.69, 9.17) is 0 Å². The van der Waals surface area contributed by atoms with Gasteiger partial charge in [0.1, 0.15) is 5.82 Å². The van der Waals surface area contributed by atoms with E-state index in [1.165, 1.54) is 4.31 Å². The van der Waals surface area contributed by atoms with Crippen molar-refractivity contribution in [3.8, 4) is 0 Å². The van der Waals surface area contributed by atoms with E-state index in [1.807, 2.05) is 44.2 Å². The molecule has 0 spiro atoms. The molecular formula is C19H27N5O2S. The molecule has 1 atom stereocenters. The van der Waals surface area contributed by atoms with Gasteiger partial charge >= 0.3 is 0 Å². The third kappa shape index (κ3) is 4.63. The Morgan fingerprint density at radius 1 is 1.19 bits per heavy atom. The molecule has 0 radical (unpaired) electrons. The molecule has 0 aromatic carbocycles. The Hall–Kier alpha value is -2.03. The highest BCUT2D eigenvalue weighted by molar-refractivity contribution is 7.86. The number of hydrogen-bond acceptors (Lipinski definition) is 5. The normalized spacial score (nSPS) is 18.6. The van der Waals surface area contributed by atoms with Crippen molar-refractivity contribution in [1.29, 1.82) is 0 Å². The minimum Gasteiger partial charge on any atom is -0.339 e. The van der Waals surface area contributed by atoms with Crippen LogP contribution in [-0.2, 0) is 10.2 Å². The van der Waals surface area contributed by atoms with Gasteiger partial charge in [0, 0.05) is 44.0 Å². The Morgan fingerprint density at radius 3 is 2.63 bits per heavy atom. The fraction of sp³-hybridized carbons (Fsp3) is 0.474. The molecule has 0 bridgehead atoms. The maximum atomic E-state index is 12.8. The van der Waals surface area contributed by atoms with Crippen molar-refractivity contribution < 1.29 is 8.42 Å². The summed E-state index contributed by atoms with van der Waals surface area (Å²) in [6, 6.07) is 9.63. The van der Waals surface area contributed by atoms with E-state index in [1.54, 1.807) is 16.7 Å². The molecule has 1 aliphatic rings. The highest BCUT2D eigenvalue weighted by Crippen LogP contribution is 2.28. The second kappa shape index (κ2) is 8.77. The topological polar surface area (TPSA) is 78.4 Å². The van der Waals surface area contributed by atoms with Crippen LogP contribution >= 0.6 is 0 Å². The highest BCUT2D eigenvalue weighted by Gasteiger charge is 2.33. The van der Waals surface area contributed by atoms with E-state index in [0.717, 1.165) is 30.0 Å². The summed E-state index contributed by atoms with van der Waals surface area (Å²) >= 11 is 0. The average molecular weight is 390 g/mol. The second-order valence-corrected chi connectivity index (χ2v) is 8.53. The Balaban J connectivity index is 1.69. The van der Waals surface area contributed by atoms with Gasteiger partial charge in [0.15, 0.2) is 0 Å². The summed E-state index contributed by atoms with van der Waals surface area (Å²) in [5.41, 5.74) is 1.79. The molecule has 3 rings (SSSR count). The molecule has 27 heavy (non-hydrogen) atoms. The molecule has 1 saturated heterocycles. The molecule has 7 nitrogen and oxygen atoms in total. The maximum Gasteiger partial charge on any atom is 0.281 e. The number of nitrogens with zero attached hydrogens (tertiary/aromatic N) is 4. The number of nitrogens with one attached hydrogen (secondary N) is 1. The lowest BCUT2D eigenvalue weighted by molar-refractivity contribution is 0.285. The Morgan fingerprint density at radius 2 is 2.00 bits per heavy atom. The number of rotatable bonds is 7. The van der Waals surface area contributed by atoms with Crippen LogP contribution in [0.3, 0.4) is 0 Å². The van der Waals surface area contributed by atoms with Crippen LogP contribution in [-0.4, -0.2) is 53.2 Å². The summed E-state index contributed by atoms with van der Waals surface area (Å²) in [6.07, 6.45) is 5.31. The monoisotopic (exact) mass is 389 g/mol. The van der Waals surface area contributed by atoms with E-state index in [0.29, 0.717) is 26.2 Å². The highest BCUT2D eigenvalue weighted by atomic mass is 32.2. The molecule has 1 fully saturated rings. The van der Waals surface area contributed by atoms with Crippen LogP contribution in [0.25, 0.3) is 0 Å². The first-order chi connectivity index (χ1) is 13.0. The minimum absolute atomic E-state index is 0.119. The summed E-state index contributed by atoms with van der Waals surface area (Å²) in [4.78, 5) is 8.81. The van der Waals surface area contributed by atoms with E-state index in [9.17, 15) is 8.42 Å². The fourth-order valence-corrected chi connectivity index (χ4v) is 5.12. The minimum atomic E-state index is -3.40. The largest absolute Gasteiger partial charge is 0.339 e. The zero-order valence-electron chi connectivity index (χ0n) is 15.9. The standard InChI is InChI=1S/C19H27N5O2S/c1-3-23(4-2)27(25,26)24-13-7-8-16(15-24)18-11-10-17(14-21-18)22-19-9-5-6-12-20-19/h5-6,9-12,14,16H,3-4,7-8,13,15H2,1-2H3,(H,20,22)/t16-/m0/s1. The SMILES string of the molecule is CCN(CC)S(=O)(=O)N1CCC[C@H](c2ccc(Nc3ccccn3)cn2)C1. The van der Waals surface area contributed by atoms with Gasteiger partial charge in [-0.1, -0.05) is 19.9 Å². The van der Waals surface area contributed by atoms with Crippen LogP contribution in [0.4, 0.5) is 11.5 Å². The van der Waals surface area contributed by atoms with E-state index in [-0.39, 0.29) is 5.92 Å². The van der Waals surface area contributed by atoms with Crippen LogP contribution in [0, 0.1) is 0 Å². The number of pyridine rings is 2. The van der Waals surface area contributed by atoms with E-state index >= 15 is 0 Å². The maximum absolute atomic E-state index is 12.8. The number of anilines is 2. The van der Waals surface area contributed by atoms with E-state index in [2.05, 4.69) is 15.3 Å². The van der Waals surface area contributed by atoms with Crippen LogP contribution in [0.15, 0.2) is 42.7 Å². The molecule has 0 saturated carbocycles. The van der Waals surface area contributed by atoms with Crippen molar-refractivity contribution in [1.82, 2.24) is 18.6 Å². The van der Waals surface area contributed by atoms with Gasteiger partial charge in [-0.25, -0.2) is 4.98 Å². The first-order valence-corrected chi connectivity index (χ1v) is 10.8. The van der Waals surface area contributed by atoms with Crippen LogP contribution in [0.5, 0.6) is 0 Å². The first-order valence-electron chi connectivity index (χ1n) is 9.43. The third-order valence-electron chi connectivity index (χ3n) is 4.88. The third-order valence-corrected chi connectivity index (χ3v) is 7.04. The van der Waals surface area contributed by atoms with Gasteiger partial charge in [0.25, 0.3) is 10.2 Å². The van der Waals surface area contributed by atoms with Crippen molar-refractivity contribution in [2.75, 3.05) is 31.5 Å². The van der Waals surface area contributed by atoms with Crippen LogP contribution < -0.4 is 5.32 Å². The predicted octanol–water partition coefficient (Wildman–Crippen LogP) is 2.99.